The second kappa shape index (κ2) is 8.37. The quantitative estimate of drug-likeness (QED) is 0.803. The average molecular weight is 295 g/mol. The van der Waals surface area contributed by atoms with Crippen molar-refractivity contribution in [2.24, 2.45) is 5.92 Å². The highest BCUT2D eigenvalue weighted by atomic mass is 16.2. The van der Waals surface area contributed by atoms with Gasteiger partial charge < -0.3 is 10.6 Å². The normalized spacial score (nSPS) is 24.5. The van der Waals surface area contributed by atoms with Crippen LogP contribution in [-0.2, 0) is 9.59 Å². The number of nitrogens with zero attached hydrogens (tertiary/aromatic N) is 1. The van der Waals surface area contributed by atoms with Crippen LogP contribution in [0.3, 0.4) is 0 Å². The lowest BCUT2D eigenvalue weighted by atomic mass is 9.89. The minimum Gasteiger partial charge on any atom is -0.355 e. The summed E-state index contributed by atoms with van der Waals surface area (Å²) < 4.78 is 0. The van der Waals surface area contributed by atoms with Crippen LogP contribution in [0.4, 0.5) is 0 Å². The van der Waals surface area contributed by atoms with Crippen molar-refractivity contribution >= 4 is 11.8 Å². The molecule has 2 N–H and O–H groups in total. The molecule has 5 nitrogen and oxygen atoms in total. The maximum atomic E-state index is 12.0. The van der Waals surface area contributed by atoms with Crippen LogP contribution < -0.4 is 10.6 Å². The van der Waals surface area contributed by atoms with Gasteiger partial charge in [-0.2, -0.15) is 0 Å². The van der Waals surface area contributed by atoms with Crippen molar-refractivity contribution in [2.75, 3.05) is 26.2 Å². The minimum atomic E-state index is 0.0172. The summed E-state index contributed by atoms with van der Waals surface area (Å²) in [5.41, 5.74) is 0. The lowest BCUT2D eigenvalue weighted by Gasteiger charge is -2.32. The third-order valence-electron chi connectivity index (χ3n) is 4.59. The number of carbonyl (C=O) groups is 2. The molecule has 0 spiro atoms. The van der Waals surface area contributed by atoms with Crippen LogP contribution in [0.1, 0.15) is 51.9 Å². The van der Waals surface area contributed by atoms with Crippen molar-refractivity contribution in [2.45, 2.75) is 57.9 Å². The first kappa shape index (κ1) is 16.3. The molecule has 5 heteroatoms. The second-order valence-electron chi connectivity index (χ2n) is 6.58. The lowest BCUT2D eigenvalue weighted by Crippen LogP contribution is -2.50. The van der Waals surface area contributed by atoms with E-state index in [2.05, 4.69) is 15.5 Å². The number of rotatable bonds is 5. The van der Waals surface area contributed by atoms with Crippen LogP contribution in [0.2, 0.25) is 0 Å². The zero-order valence-electron chi connectivity index (χ0n) is 13.2. The Balaban J connectivity index is 1.65. The standard InChI is InChI=1S/C16H29N3O2/c1-13(20)18-15-8-5-9-19(11-15)12-16(21)17-10-14-6-3-2-4-7-14/h14-15H,2-12H2,1H3,(H,17,21)(H,18,20)/t15-/m1/s1. The van der Waals surface area contributed by atoms with Gasteiger partial charge in [-0.15, -0.1) is 0 Å². The van der Waals surface area contributed by atoms with Gasteiger partial charge in [0.05, 0.1) is 6.54 Å². The molecule has 21 heavy (non-hydrogen) atoms. The highest BCUT2D eigenvalue weighted by Crippen LogP contribution is 2.22. The molecule has 2 rings (SSSR count). The van der Waals surface area contributed by atoms with E-state index in [1.165, 1.54) is 32.1 Å². The highest BCUT2D eigenvalue weighted by Gasteiger charge is 2.22. The van der Waals surface area contributed by atoms with Gasteiger partial charge in [-0.05, 0) is 38.1 Å². The molecule has 1 heterocycles. The maximum Gasteiger partial charge on any atom is 0.234 e. The largest absolute Gasteiger partial charge is 0.355 e. The number of likely N-dealkylation sites (tertiary alicyclic amines) is 1. The lowest BCUT2D eigenvalue weighted by molar-refractivity contribution is -0.122. The first-order chi connectivity index (χ1) is 10.1. The third-order valence-corrected chi connectivity index (χ3v) is 4.59. The zero-order chi connectivity index (χ0) is 15.1. The van der Waals surface area contributed by atoms with E-state index >= 15 is 0 Å². The molecule has 1 atom stereocenters. The number of hydrogen-bond acceptors (Lipinski definition) is 3. The smallest absolute Gasteiger partial charge is 0.234 e. The molecule has 0 aromatic carbocycles. The number of piperidine rings is 1. The molecular weight excluding hydrogens is 266 g/mol. The van der Waals surface area contributed by atoms with Crippen molar-refractivity contribution in [3.63, 3.8) is 0 Å². The Morgan fingerprint density at radius 2 is 1.86 bits per heavy atom. The second-order valence-corrected chi connectivity index (χ2v) is 6.58. The van der Waals surface area contributed by atoms with E-state index in [0.29, 0.717) is 12.5 Å². The molecule has 1 aliphatic heterocycles. The molecular formula is C16H29N3O2. The Kier molecular flexibility index (Phi) is 6.49. The molecule has 120 valence electrons. The van der Waals surface area contributed by atoms with Crippen molar-refractivity contribution in [1.82, 2.24) is 15.5 Å². The maximum absolute atomic E-state index is 12.0. The van der Waals surface area contributed by atoms with Gasteiger partial charge in [0, 0.05) is 26.1 Å². The molecule has 1 saturated heterocycles. The van der Waals surface area contributed by atoms with Gasteiger partial charge in [0.25, 0.3) is 0 Å². The van der Waals surface area contributed by atoms with Gasteiger partial charge in [-0.25, -0.2) is 0 Å². The molecule has 0 radical (unpaired) electrons. The number of carbonyl (C=O) groups excluding carboxylic acids is 2. The summed E-state index contributed by atoms with van der Waals surface area (Å²) in [6, 6.07) is 0.197. The Morgan fingerprint density at radius 1 is 1.10 bits per heavy atom. The van der Waals surface area contributed by atoms with Gasteiger partial charge >= 0.3 is 0 Å². The number of nitrogens with one attached hydrogen (secondary N) is 2. The molecule has 0 unspecified atom stereocenters. The number of amides is 2. The predicted octanol–water partition coefficient (Wildman–Crippen LogP) is 1.28. The van der Waals surface area contributed by atoms with Crippen LogP contribution in [0.25, 0.3) is 0 Å². The van der Waals surface area contributed by atoms with Crippen molar-refractivity contribution in [3.05, 3.63) is 0 Å². The monoisotopic (exact) mass is 295 g/mol. The summed E-state index contributed by atoms with van der Waals surface area (Å²) >= 11 is 0. The predicted molar refractivity (Wildman–Crippen MR) is 82.9 cm³/mol. The molecule has 2 fully saturated rings. The fourth-order valence-electron chi connectivity index (χ4n) is 3.51. The van der Waals surface area contributed by atoms with Crippen molar-refractivity contribution < 1.29 is 9.59 Å². The van der Waals surface area contributed by atoms with Crippen molar-refractivity contribution in [1.29, 1.82) is 0 Å². The summed E-state index contributed by atoms with van der Waals surface area (Å²) in [7, 11) is 0. The fraction of sp³-hybridized carbons (Fsp3) is 0.875. The number of hydrogen-bond donors (Lipinski definition) is 2. The van der Waals surface area contributed by atoms with E-state index < -0.39 is 0 Å². The average Bonchev–Trinajstić information content (AvgIpc) is 2.46. The third kappa shape index (κ3) is 6.04. The van der Waals surface area contributed by atoms with Crippen LogP contribution in [0, 0.1) is 5.92 Å². The summed E-state index contributed by atoms with van der Waals surface area (Å²) in [4.78, 5) is 25.3. The van der Waals surface area contributed by atoms with Crippen molar-refractivity contribution in [3.8, 4) is 0 Å². The summed E-state index contributed by atoms with van der Waals surface area (Å²) in [6.07, 6.45) is 8.54. The van der Waals surface area contributed by atoms with E-state index in [-0.39, 0.29) is 17.9 Å². The van der Waals surface area contributed by atoms with E-state index in [9.17, 15) is 9.59 Å². The van der Waals surface area contributed by atoms with E-state index in [1.54, 1.807) is 6.92 Å². The molecule has 0 aromatic rings. The van der Waals surface area contributed by atoms with Crippen LogP contribution in [-0.4, -0.2) is 48.9 Å². The SMILES string of the molecule is CC(=O)N[C@@H]1CCCN(CC(=O)NCC2CCCCC2)C1. The molecule has 1 saturated carbocycles. The Bertz CT molecular complexity index is 353. The highest BCUT2D eigenvalue weighted by molar-refractivity contribution is 5.78. The van der Waals surface area contributed by atoms with Gasteiger partial charge in [-0.1, -0.05) is 19.3 Å². The molecule has 0 bridgehead atoms. The van der Waals surface area contributed by atoms with Gasteiger partial charge in [0.15, 0.2) is 0 Å². The van der Waals surface area contributed by atoms with E-state index in [4.69, 9.17) is 0 Å². The summed E-state index contributed by atoms with van der Waals surface area (Å²) in [5, 5.41) is 6.04. The summed E-state index contributed by atoms with van der Waals surface area (Å²) in [6.45, 7) is 4.59. The van der Waals surface area contributed by atoms with E-state index in [0.717, 1.165) is 32.5 Å². The van der Waals surface area contributed by atoms with Crippen LogP contribution in [0.5, 0.6) is 0 Å². The fourth-order valence-corrected chi connectivity index (χ4v) is 3.51. The Morgan fingerprint density at radius 3 is 2.57 bits per heavy atom. The zero-order valence-corrected chi connectivity index (χ0v) is 13.2. The summed E-state index contributed by atoms with van der Waals surface area (Å²) in [5.74, 6) is 0.823. The van der Waals surface area contributed by atoms with Gasteiger partial charge in [0.1, 0.15) is 0 Å². The molecule has 2 amide bonds. The van der Waals surface area contributed by atoms with Gasteiger partial charge in [0.2, 0.25) is 11.8 Å². The van der Waals surface area contributed by atoms with Gasteiger partial charge in [-0.3, -0.25) is 14.5 Å². The topological polar surface area (TPSA) is 61.4 Å². The first-order valence-corrected chi connectivity index (χ1v) is 8.39. The van der Waals surface area contributed by atoms with E-state index in [1.807, 2.05) is 0 Å². The first-order valence-electron chi connectivity index (χ1n) is 8.39. The minimum absolute atomic E-state index is 0.0172. The van der Waals surface area contributed by atoms with Crippen LogP contribution >= 0.6 is 0 Å². The molecule has 1 aliphatic carbocycles. The molecule has 2 aliphatic rings. The Labute approximate surface area is 127 Å². The Hall–Kier alpha value is -1.10. The van der Waals surface area contributed by atoms with Crippen LogP contribution in [0.15, 0.2) is 0 Å². The molecule has 0 aromatic heterocycles.